The fourth-order valence-corrected chi connectivity index (χ4v) is 12.3. The summed E-state index contributed by atoms with van der Waals surface area (Å²) >= 11 is 0. The lowest BCUT2D eigenvalue weighted by molar-refractivity contribution is 0.670. The summed E-state index contributed by atoms with van der Waals surface area (Å²) in [5.74, 6) is 0. The molecule has 3 heteroatoms. The van der Waals surface area contributed by atoms with Crippen LogP contribution in [0.1, 0.15) is 22.3 Å². The molecule has 2 heterocycles. The van der Waals surface area contributed by atoms with E-state index in [1.807, 2.05) is 12.1 Å². The Kier molecular flexibility index (Phi) is 10.1. The van der Waals surface area contributed by atoms with Crippen molar-refractivity contribution in [3.05, 3.63) is 307 Å². The fourth-order valence-electron chi connectivity index (χ4n) is 12.3. The quantitative estimate of drug-likeness (QED) is 0.144. The minimum atomic E-state index is -0.542. The zero-order chi connectivity index (χ0) is 50.2. The van der Waals surface area contributed by atoms with Gasteiger partial charge < -0.3 is 13.7 Å². The standard InChI is InChI=1S/C73H47NO2/c1-4-18-48(19-5-1)49-34-38-56(39-35-49)74(58-42-43-62-61-24-10-13-31-67(61)73(68(62)47-58,54-20-6-2-7-21-54)55-22-8-3-9-23-55)57-40-36-50(37-41-57)51-44-52(59-27-16-29-65-63-25-11-14-32-69(63)75-71(59)65)46-53(45-51)60-28-17-30-66-64-26-12-15-33-70(64)76-72(60)66/h1-47H. The van der Waals surface area contributed by atoms with Crippen molar-refractivity contribution in [2.24, 2.45) is 0 Å². The molecular weight excluding hydrogens is 923 g/mol. The first-order valence-electron chi connectivity index (χ1n) is 26.1. The molecule has 0 spiro atoms. The predicted octanol–water partition coefficient (Wildman–Crippen LogP) is 20.0. The van der Waals surface area contributed by atoms with Gasteiger partial charge in [-0.15, -0.1) is 0 Å². The molecule has 15 rings (SSSR count). The lowest BCUT2D eigenvalue weighted by Gasteiger charge is -2.35. The van der Waals surface area contributed by atoms with Crippen molar-refractivity contribution in [1.82, 2.24) is 0 Å². The van der Waals surface area contributed by atoms with Crippen LogP contribution >= 0.6 is 0 Å². The number of furan rings is 2. The van der Waals surface area contributed by atoms with Gasteiger partial charge in [0.25, 0.3) is 0 Å². The molecule has 0 fully saturated rings. The number of anilines is 3. The number of para-hydroxylation sites is 4. The van der Waals surface area contributed by atoms with Gasteiger partial charge in [-0.3, -0.25) is 0 Å². The molecule has 12 aromatic carbocycles. The van der Waals surface area contributed by atoms with Crippen molar-refractivity contribution in [2.45, 2.75) is 5.41 Å². The van der Waals surface area contributed by atoms with Crippen LogP contribution in [-0.4, -0.2) is 0 Å². The zero-order valence-electron chi connectivity index (χ0n) is 41.4. The van der Waals surface area contributed by atoms with Gasteiger partial charge in [-0.05, 0) is 133 Å². The molecule has 0 N–H and O–H groups in total. The van der Waals surface area contributed by atoms with Gasteiger partial charge >= 0.3 is 0 Å². The fraction of sp³-hybridized carbons (Fsp3) is 0.0137. The number of nitrogens with zero attached hydrogens (tertiary/aromatic N) is 1. The van der Waals surface area contributed by atoms with E-state index in [2.05, 4.69) is 278 Å². The Bertz CT molecular complexity index is 4320. The van der Waals surface area contributed by atoms with Crippen molar-refractivity contribution in [2.75, 3.05) is 4.90 Å². The average molecular weight is 970 g/mol. The normalized spacial score (nSPS) is 12.6. The number of benzene rings is 12. The summed E-state index contributed by atoms with van der Waals surface area (Å²) in [4.78, 5) is 2.41. The molecule has 0 saturated carbocycles. The van der Waals surface area contributed by atoms with Crippen molar-refractivity contribution < 1.29 is 8.83 Å². The van der Waals surface area contributed by atoms with E-state index in [0.29, 0.717) is 0 Å². The van der Waals surface area contributed by atoms with Gasteiger partial charge in [0, 0.05) is 49.7 Å². The van der Waals surface area contributed by atoms with Crippen molar-refractivity contribution in [3.63, 3.8) is 0 Å². The largest absolute Gasteiger partial charge is 0.455 e. The van der Waals surface area contributed by atoms with Gasteiger partial charge in [0.15, 0.2) is 0 Å². The second-order valence-electron chi connectivity index (χ2n) is 19.9. The first kappa shape index (κ1) is 43.6. The summed E-state index contributed by atoms with van der Waals surface area (Å²) in [6.07, 6.45) is 0. The van der Waals surface area contributed by atoms with Crippen molar-refractivity contribution >= 4 is 60.9 Å². The van der Waals surface area contributed by atoms with Gasteiger partial charge in [-0.25, -0.2) is 0 Å². The van der Waals surface area contributed by atoms with Crippen LogP contribution in [0.25, 0.3) is 99.5 Å². The summed E-state index contributed by atoms with van der Waals surface area (Å²) < 4.78 is 13.4. The van der Waals surface area contributed by atoms with Crippen LogP contribution in [0.15, 0.2) is 294 Å². The summed E-state index contributed by atoms with van der Waals surface area (Å²) in [7, 11) is 0. The average Bonchev–Trinajstić information content (AvgIpc) is 4.33. The third-order valence-corrected chi connectivity index (χ3v) is 15.8. The number of rotatable bonds is 9. The molecule has 0 unspecified atom stereocenters. The molecule has 1 aliphatic rings. The second kappa shape index (κ2) is 17.6. The molecule has 2 aromatic heterocycles. The highest BCUT2D eigenvalue weighted by Crippen LogP contribution is 2.57. The lowest BCUT2D eigenvalue weighted by atomic mass is 9.67. The second-order valence-corrected chi connectivity index (χ2v) is 19.9. The van der Waals surface area contributed by atoms with Gasteiger partial charge in [0.2, 0.25) is 0 Å². The lowest BCUT2D eigenvalue weighted by Crippen LogP contribution is -2.28. The molecule has 0 amide bonds. The molecule has 3 nitrogen and oxygen atoms in total. The first-order valence-corrected chi connectivity index (χ1v) is 26.1. The number of hydrogen-bond acceptors (Lipinski definition) is 3. The molecule has 14 aromatic rings. The molecule has 356 valence electrons. The highest BCUT2D eigenvalue weighted by Gasteiger charge is 2.46. The van der Waals surface area contributed by atoms with E-state index in [0.717, 1.165) is 94.3 Å². The Balaban J connectivity index is 0.911. The number of fused-ring (bicyclic) bond motifs is 9. The monoisotopic (exact) mass is 969 g/mol. The van der Waals surface area contributed by atoms with E-state index in [1.54, 1.807) is 0 Å². The molecule has 0 aliphatic heterocycles. The van der Waals surface area contributed by atoms with E-state index in [1.165, 1.54) is 44.5 Å². The van der Waals surface area contributed by atoms with Gasteiger partial charge in [0.05, 0.1) is 5.41 Å². The smallest absolute Gasteiger partial charge is 0.143 e. The van der Waals surface area contributed by atoms with Crippen molar-refractivity contribution in [3.8, 4) is 55.6 Å². The molecule has 0 bridgehead atoms. The third kappa shape index (κ3) is 6.90. The highest BCUT2D eigenvalue weighted by atomic mass is 16.3. The summed E-state index contributed by atoms with van der Waals surface area (Å²) in [6, 6.07) is 103. The van der Waals surface area contributed by atoms with E-state index >= 15 is 0 Å². The van der Waals surface area contributed by atoms with E-state index in [4.69, 9.17) is 8.83 Å². The Morgan fingerprint density at radius 2 is 0.658 bits per heavy atom. The summed E-state index contributed by atoms with van der Waals surface area (Å²) in [5.41, 5.74) is 22.4. The Labute approximate surface area is 440 Å². The molecule has 76 heavy (non-hydrogen) atoms. The molecule has 0 saturated heterocycles. The van der Waals surface area contributed by atoms with Crippen molar-refractivity contribution in [1.29, 1.82) is 0 Å². The van der Waals surface area contributed by atoms with Crippen LogP contribution in [0.4, 0.5) is 17.1 Å². The molecule has 0 radical (unpaired) electrons. The van der Waals surface area contributed by atoms with Crippen LogP contribution in [0.2, 0.25) is 0 Å². The Hall–Kier alpha value is -9.96. The van der Waals surface area contributed by atoms with Crippen LogP contribution in [0.5, 0.6) is 0 Å². The SMILES string of the molecule is c1ccc(-c2ccc(N(c3ccc(-c4cc(-c5cccc6c5oc5ccccc56)cc(-c5cccc6c5oc5ccccc56)c4)cc3)c3ccc4c(c3)C(c3ccccc3)(c3ccccc3)c3ccccc3-4)cc2)cc1. The topological polar surface area (TPSA) is 29.5 Å². The van der Waals surface area contributed by atoms with Gasteiger partial charge in [0.1, 0.15) is 22.3 Å². The van der Waals surface area contributed by atoms with Crippen LogP contribution in [0.3, 0.4) is 0 Å². The highest BCUT2D eigenvalue weighted by molar-refractivity contribution is 6.12. The van der Waals surface area contributed by atoms with Crippen LogP contribution < -0.4 is 4.90 Å². The molecule has 1 aliphatic carbocycles. The van der Waals surface area contributed by atoms with Crippen LogP contribution in [0, 0.1) is 0 Å². The Morgan fingerprint density at radius 3 is 1.22 bits per heavy atom. The maximum absolute atomic E-state index is 6.68. The van der Waals surface area contributed by atoms with Gasteiger partial charge in [-0.2, -0.15) is 0 Å². The maximum Gasteiger partial charge on any atom is 0.143 e. The molecular formula is C73H47NO2. The number of hydrogen-bond donors (Lipinski definition) is 0. The predicted molar refractivity (Wildman–Crippen MR) is 315 cm³/mol. The van der Waals surface area contributed by atoms with E-state index < -0.39 is 5.41 Å². The van der Waals surface area contributed by atoms with Gasteiger partial charge in [-0.1, -0.05) is 218 Å². The third-order valence-electron chi connectivity index (χ3n) is 15.8. The minimum absolute atomic E-state index is 0.542. The minimum Gasteiger partial charge on any atom is -0.455 e. The van der Waals surface area contributed by atoms with E-state index in [9.17, 15) is 0 Å². The zero-order valence-corrected chi connectivity index (χ0v) is 41.4. The summed E-state index contributed by atoms with van der Waals surface area (Å²) in [5, 5.41) is 4.41. The first-order chi connectivity index (χ1) is 37.7. The van der Waals surface area contributed by atoms with E-state index in [-0.39, 0.29) is 0 Å². The van der Waals surface area contributed by atoms with Crippen LogP contribution in [-0.2, 0) is 5.41 Å². The maximum atomic E-state index is 6.68. The summed E-state index contributed by atoms with van der Waals surface area (Å²) in [6.45, 7) is 0. The molecule has 0 atom stereocenters. The Morgan fingerprint density at radius 1 is 0.250 bits per heavy atom.